The van der Waals surface area contributed by atoms with Crippen LogP contribution in [-0.2, 0) is 4.74 Å². The summed E-state index contributed by atoms with van der Waals surface area (Å²) in [5.41, 5.74) is -0.0851. The molecule has 0 amide bonds. The minimum Gasteiger partial charge on any atom is -0.394 e. The third kappa shape index (κ3) is 1.28. The van der Waals surface area contributed by atoms with Crippen molar-refractivity contribution in [3.8, 4) is 0 Å². The number of hydrogen-bond acceptors (Lipinski definition) is 3. The van der Waals surface area contributed by atoms with E-state index >= 15 is 0 Å². The van der Waals surface area contributed by atoms with Crippen LogP contribution in [0.5, 0.6) is 0 Å². The van der Waals surface area contributed by atoms with Gasteiger partial charge in [-0.05, 0) is 18.8 Å². The highest BCUT2D eigenvalue weighted by molar-refractivity contribution is 5.02. The summed E-state index contributed by atoms with van der Waals surface area (Å²) in [5, 5.41) is 12.6. The highest BCUT2D eigenvalue weighted by atomic mass is 16.5. The van der Waals surface area contributed by atoms with Crippen LogP contribution in [0.25, 0.3) is 0 Å². The van der Waals surface area contributed by atoms with E-state index in [1.54, 1.807) is 0 Å². The van der Waals surface area contributed by atoms with Gasteiger partial charge in [0.1, 0.15) is 0 Å². The quantitative estimate of drug-likeness (QED) is 0.580. The molecule has 0 aromatic rings. The number of aliphatic hydroxyl groups excluding tert-OH is 1. The molecule has 1 unspecified atom stereocenters. The minimum absolute atomic E-state index is 0.0851. The van der Waals surface area contributed by atoms with Crippen LogP contribution in [0.15, 0.2) is 0 Å². The van der Waals surface area contributed by atoms with Crippen molar-refractivity contribution in [3.63, 3.8) is 0 Å². The van der Waals surface area contributed by atoms with Crippen molar-refractivity contribution in [3.05, 3.63) is 0 Å². The van der Waals surface area contributed by atoms with Crippen molar-refractivity contribution in [2.75, 3.05) is 26.4 Å². The molecule has 1 aliphatic heterocycles. The molecule has 0 aromatic carbocycles. The van der Waals surface area contributed by atoms with Gasteiger partial charge in [0.2, 0.25) is 0 Å². The molecule has 2 fully saturated rings. The molecule has 2 rings (SSSR count). The predicted octanol–water partition coefficient (Wildman–Crippen LogP) is -0.253. The topological polar surface area (TPSA) is 41.5 Å². The van der Waals surface area contributed by atoms with E-state index in [2.05, 4.69) is 5.32 Å². The van der Waals surface area contributed by atoms with Gasteiger partial charge in [0.05, 0.1) is 25.4 Å². The van der Waals surface area contributed by atoms with E-state index in [1.165, 1.54) is 12.8 Å². The number of hydrogen-bond donors (Lipinski definition) is 2. The molecule has 1 heterocycles. The van der Waals surface area contributed by atoms with Gasteiger partial charge in [-0.2, -0.15) is 0 Å². The molecule has 0 aromatic heterocycles. The van der Waals surface area contributed by atoms with Gasteiger partial charge in [-0.3, -0.25) is 0 Å². The standard InChI is InChI=1S/C8H15NO2/c10-5-8(7-1-2-7)6-11-4-3-9-8/h7,9-10H,1-6H2. The second kappa shape index (κ2) is 2.73. The fraction of sp³-hybridized carbons (Fsp3) is 1.00. The van der Waals surface area contributed by atoms with Gasteiger partial charge in [-0.15, -0.1) is 0 Å². The molecule has 64 valence electrons. The lowest BCUT2D eigenvalue weighted by atomic mass is 9.94. The molecule has 0 bridgehead atoms. The van der Waals surface area contributed by atoms with Crippen molar-refractivity contribution < 1.29 is 9.84 Å². The first-order chi connectivity index (χ1) is 5.37. The van der Waals surface area contributed by atoms with E-state index in [9.17, 15) is 5.11 Å². The van der Waals surface area contributed by atoms with Gasteiger partial charge in [0, 0.05) is 6.54 Å². The van der Waals surface area contributed by atoms with Crippen molar-refractivity contribution in [1.82, 2.24) is 5.32 Å². The SMILES string of the molecule is OCC1(C2CC2)COCCN1. The zero-order valence-electron chi connectivity index (χ0n) is 6.68. The first kappa shape index (κ1) is 7.53. The Hall–Kier alpha value is -0.120. The maximum Gasteiger partial charge on any atom is 0.0680 e. The average molecular weight is 157 g/mol. The third-order valence-corrected chi connectivity index (χ3v) is 2.72. The van der Waals surface area contributed by atoms with Crippen molar-refractivity contribution >= 4 is 0 Å². The summed E-state index contributed by atoms with van der Waals surface area (Å²) in [4.78, 5) is 0. The molecule has 11 heavy (non-hydrogen) atoms. The zero-order chi connectivity index (χ0) is 7.73. The van der Waals surface area contributed by atoms with Gasteiger partial charge in [-0.1, -0.05) is 0 Å². The molecule has 1 saturated heterocycles. The van der Waals surface area contributed by atoms with Crippen molar-refractivity contribution in [2.45, 2.75) is 18.4 Å². The van der Waals surface area contributed by atoms with E-state index < -0.39 is 0 Å². The molecular formula is C8H15NO2. The van der Waals surface area contributed by atoms with Crippen LogP contribution in [0.2, 0.25) is 0 Å². The summed E-state index contributed by atoms with van der Waals surface area (Å²) in [7, 11) is 0. The first-order valence-corrected chi connectivity index (χ1v) is 4.31. The van der Waals surface area contributed by atoms with Crippen LogP contribution in [-0.4, -0.2) is 37.0 Å². The van der Waals surface area contributed by atoms with Crippen molar-refractivity contribution in [1.29, 1.82) is 0 Å². The monoisotopic (exact) mass is 157 g/mol. The predicted molar refractivity (Wildman–Crippen MR) is 41.4 cm³/mol. The van der Waals surface area contributed by atoms with Crippen LogP contribution >= 0.6 is 0 Å². The lowest BCUT2D eigenvalue weighted by molar-refractivity contribution is -0.0119. The number of rotatable bonds is 2. The molecule has 0 radical (unpaired) electrons. The lowest BCUT2D eigenvalue weighted by Gasteiger charge is -2.36. The Morgan fingerprint density at radius 2 is 2.36 bits per heavy atom. The minimum atomic E-state index is -0.0851. The highest BCUT2D eigenvalue weighted by Gasteiger charge is 2.45. The molecule has 3 nitrogen and oxygen atoms in total. The molecular weight excluding hydrogens is 142 g/mol. The number of morpholine rings is 1. The number of ether oxygens (including phenoxy) is 1. The largest absolute Gasteiger partial charge is 0.394 e. The average Bonchev–Trinajstić information content (AvgIpc) is 2.88. The fourth-order valence-corrected chi connectivity index (χ4v) is 1.81. The van der Waals surface area contributed by atoms with Gasteiger partial charge in [0.15, 0.2) is 0 Å². The summed E-state index contributed by atoms with van der Waals surface area (Å²) in [6, 6.07) is 0. The Kier molecular flexibility index (Phi) is 1.87. The van der Waals surface area contributed by atoms with Gasteiger partial charge in [-0.25, -0.2) is 0 Å². The molecule has 1 atom stereocenters. The fourth-order valence-electron chi connectivity index (χ4n) is 1.81. The van der Waals surface area contributed by atoms with Crippen LogP contribution in [0.3, 0.4) is 0 Å². The Bertz CT molecular complexity index is 139. The molecule has 1 aliphatic carbocycles. The maximum absolute atomic E-state index is 9.21. The third-order valence-electron chi connectivity index (χ3n) is 2.72. The maximum atomic E-state index is 9.21. The van der Waals surface area contributed by atoms with E-state index in [0.717, 1.165) is 13.2 Å². The Balaban J connectivity index is 2.01. The molecule has 2 aliphatic rings. The second-order valence-electron chi connectivity index (χ2n) is 3.57. The molecule has 1 saturated carbocycles. The normalized spacial score (nSPS) is 39.0. The van der Waals surface area contributed by atoms with Gasteiger partial charge < -0.3 is 15.2 Å². The second-order valence-corrected chi connectivity index (χ2v) is 3.57. The summed E-state index contributed by atoms with van der Waals surface area (Å²) in [5.74, 6) is 0.660. The highest BCUT2D eigenvalue weighted by Crippen LogP contribution is 2.40. The zero-order valence-corrected chi connectivity index (χ0v) is 6.68. The van der Waals surface area contributed by atoms with E-state index in [0.29, 0.717) is 12.5 Å². The Morgan fingerprint density at radius 3 is 2.82 bits per heavy atom. The van der Waals surface area contributed by atoms with Gasteiger partial charge >= 0.3 is 0 Å². The van der Waals surface area contributed by atoms with Gasteiger partial charge in [0.25, 0.3) is 0 Å². The molecule has 2 N–H and O–H groups in total. The summed E-state index contributed by atoms with van der Waals surface area (Å²) in [6.45, 7) is 2.58. The van der Waals surface area contributed by atoms with Crippen LogP contribution < -0.4 is 5.32 Å². The van der Waals surface area contributed by atoms with Crippen LogP contribution in [0.1, 0.15) is 12.8 Å². The number of nitrogens with one attached hydrogen (secondary N) is 1. The van der Waals surface area contributed by atoms with Crippen LogP contribution in [0, 0.1) is 5.92 Å². The summed E-state index contributed by atoms with van der Waals surface area (Å²) >= 11 is 0. The Morgan fingerprint density at radius 1 is 1.55 bits per heavy atom. The smallest absolute Gasteiger partial charge is 0.0680 e. The van der Waals surface area contributed by atoms with E-state index in [4.69, 9.17) is 4.74 Å². The molecule has 3 heteroatoms. The number of aliphatic hydroxyl groups is 1. The summed E-state index contributed by atoms with van der Waals surface area (Å²) < 4.78 is 5.36. The Labute approximate surface area is 66.7 Å². The molecule has 0 spiro atoms. The van der Waals surface area contributed by atoms with E-state index in [1.807, 2.05) is 0 Å². The van der Waals surface area contributed by atoms with Crippen LogP contribution in [0.4, 0.5) is 0 Å². The van der Waals surface area contributed by atoms with Crippen molar-refractivity contribution in [2.24, 2.45) is 5.92 Å². The first-order valence-electron chi connectivity index (χ1n) is 4.31. The van der Waals surface area contributed by atoms with E-state index in [-0.39, 0.29) is 12.1 Å². The summed E-state index contributed by atoms with van der Waals surface area (Å²) in [6.07, 6.45) is 2.49. The lowest BCUT2D eigenvalue weighted by Crippen LogP contribution is -2.58.